The van der Waals surface area contributed by atoms with E-state index in [9.17, 15) is 9.90 Å². The summed E-state index contributed by atoms with van der Waals surface area (Å²) >= 11 is 1.38. The number of rotatable bonds is 4. The summed E-state index contributed by atoms with van der Waals surface area (Å²) in [6.07, 6.45) is -0.0227. The van der Waals surface area contributed by atoms with Gasteiger partial charge in [0.25, 0.3) is 0 Å². The molecule has 0 amide bonds. The average molecular weight is 364 g/mol. The lowest BCUT2D eigenvalue weighted by atomic mass is 10.1. The zero-order valence-electron chi connectivity index (χ0n) is 14.0. The van der Waals surface area contributed by atoms with E-state index in [1.54, 1.807) is 4.68 Å². The zero-order valence-corrected chi connectivity index (χ0v) is 14.8. The minimum atomic E-state index is -0.863. The molecule has 2 aromatic carbocycles. The second kappa shape index (κ2) is 6.76. The minimum Gasteiger partial charge on any atom is -0.481 e. The van der Waals surface area contributed by atoms with Crippen LogP contribution in [-0.2, 0) is 4.79 Å². The van der Waals surface area contributed by atoms with Crippen molar-refractivity contribution in [1.82, 2.24) is 14.9 Å². The van der Waals surface area contributed by atoms with Gasteiger partial charge in [-0.2, -0.15) is 9.78 Å². The van der Waals surface area contributed by atoms with E-state index in [0.717, 1.165) is 22.4 Å². The molecular formula is C19H16N4O2S. The van der Waals surface area contributed by atoms with E-state index in [2.05, 4.69) is 10.2 Å². The number of hydrogen-bond acceptors (Lipinski definition) is 5. The second-order valence-electron chi connectivity index (χ2n) is 6.04. The summed E-state index contributed by atoms with van der Waals surface area (Å²) in [6, 6.07) is 17.6. The quantitative estimate of drug-likeness (QED) is 0.767. The van der Waals surface area contributed by atoms with Gasteiger partial charge in [0.15, 0.2) is 5.82 Å². The third-order valence-corrected chi connectivity index (χ3v) is 5.25. The average Bonchev–Trinajstić information content (AvgIpc) is 3.05. The van der Waals surface area contributed by atoms with Gasteiger partial charge in [0, 0.05) is 5.56 Å². The summed E-state index contributed by atoms with van der Waals surface area (Å²) in [4.78, 5) is 11.3. The van der Waals surface area contributed by atoms with Crippen LogP contribution in [0.4, 0.5) is 0 Å². The Morgan fingerprint density at radius 1 is 1.08 bits per heavy atom. The number of carboxylic acid groups (broad SMARTS) is 1. The molecule has 1 atom stereocenters. The zero-order chi connectivity index (χ0) is 18.1. The van der Waals surface area contributed by atoms with Crippen LogP contribution in [0.25, 0.3) is 11.4 Å². The maximum absolute atomic E-state index is 11.3. The highest BCUT2D eigenvalue weighted by molar-refractivity contribution is 8.00. The van der Waals surface area contributed by atoms with Gasteiger partial charge in [0.1, 0.15) is 0 Å². The van der Waals surface area contributed by atoms with Gasteiger partial charge in [-0.1, -0.05) is 71.9 Å². The predicted octanol–water partition coefficient (Wildman–Crippen LogP) is 3.45. The van der Waals surface area contributed by atoms with Gasteiger partial charge < -0.3 is 5.11 Å². The number of aliphatic carboxylic acids is 1. The molecule has 0 saturated carbocycles. The van der Waals surface area contributed by atoms with E-state index in [-0.39, 0.29) is 11.7 Å². The first-order chi connectivity index (χ1) is 12.6. The molecule has 0 fully saturated rings. The first-order valence-corrected chi connectivity index (χ1v) is 9.05. The van der Waals surface area contributed by atoms with Crippen LogP contribution < -0.4 is 0 Å². The van der Waals surface area contributed by atoms with Crippen molar-refractivity contribution in [2.45, 2.75) is 23.8 Å². The Hall–Kier alpha value is -2.93. The number of thioether (sulfide) groups is 1. The number of carboxylic acids is 1. The molecule has 26 heavy (non-hydrogen) atoms. The van der Waals surface area contributed by atoms with Crippen LogP contribution in [0.5, 0.6) is 0 Å². The molecule has 1 aromatic heterocycles. The molecule has 2 heterocycles. The van der Waals surface area contributed by atoms with E-state index in [1.165, 1.54) is 11.8 Å². The van der Waals surface area contributed by atoms with Crippen LogP contribution >= 0.6 is 11.8 Å². The maximum Gasteiger partial charge on any atom is 0.304 e. The number of nitrogens with zero attached hydrogens (tertiary/aromatic N) is 4. The summed E-state index contributed by atoms with van der Waals surface area (Å²) in [5.74, 6) is -0.215. The SMILES string of the molecule is Cc1ccc(-c2nnc3n2N=C(c2ccccc2)[C@H](CC(=O)O)S3)cc1. The third kappa shape index (κ3) is 3.13. The van der Waals surface area contributed by atoms with Crippen LogP contribution in [0.2, 0.25) is 0 Å². The van der Waals surface area contributed by atoms with E-state index in [0.29, 0.717) is 11.0 Å². The van der Waals surface area contributed by atoms with Gasteiger partial charge in [-0.15, -0.1) is 10.2 Å². The normalized spacial score (nSPS) is 16.0. The summed E-state index contributed by atoms with van der Waals surface area (Å²) < 4.78 is 1.70. The first-order valence-electron chi connectivity index (χ1n) is 8.17. The monoisotopic (exact) mass is 364 g/mol. The largest absolute Gasteiger partial charge is 0.481 e. The molecule has 0 aliphatic carbocycles. The van der Waals surface area contributed by atoms with E-state index >= 15 is 0 Å². The molecule has 3 aromatic rings. The van der Waals surface area contributed by atoms with Crippen LogP contribution in [0.3, 0.4) is 0 Å². The van der Waals surface area contributed by atoms with Crippen LogP contribution in [0.1, 0.15) is 17.5 Å². The Kier molecular flexibility index (Phi) is 4.30. The highest BCUT2D eigenvalue weighted by Crippen LogP contribution is 2.34. The molecule has 0 saturated heterocycles. The molecule has 7 heteroatoms. The Morgan fingerprint density at radius 3 is 2.50 bits per heavy atom. The van der Waals surface area contributed by atoms with Crippen LogP contribution in [0, 0.1) is 6.92 Å². The molecular weight excluding hydrogens is 348 g/mol. The Bertz CT molecular complexity index is 981. The van der Waals surface area contributed by atoms with Crippen molar-refractivity contribution < 1.29 is 9.90 Å². The van der Waals surface area contributed by atoms with Crippen molar-refractivity contribution in [2.75, 3.05) is 0 Å². The van der Waals surface area contributed by atoms with Crippen molar-refractivity contribution in [2.24, 2.45) is 5.10 Å². The summed E-state index contributed by atoms with van der Waals surface area (Å²) in [5, 5.41) is 22.8. The van der Waals surface area contributed by atoms with Gasteiger partial charge in [-0.3, -0.25) is 4.79 Å². The van der Waals surface area contributed by atoms with Crippen molar-refractivity contribution in [3.8, 4) is 11.4 Å². The summed E-state index contributed by atoms with van der Waals surface area (Å²) in [6.45, 7) is 2.03. The fourth-order valence-electron chi connectivity index (χ4n) is 2.82. The number of aryl methyl sites for hydroxylation is 1. The third-order valence-electron chi connectivity index (χ3n) is 4.11. The standard InChI is InChI=1S/C19H16N4O2S/c1-12-7-9-14(10-8-12)18-20-21-19-23(18)22-17(13-5-3-2-4-6-13)15(26-19)11-16(24)25/h2-10,15H,11H2,1H3,(H,24,25)/t15-/m0/s1. The highest BCUT2D eigenvalue weighted by Gasteiger charge is 2.30. The Balaban J connectivity index is 1.82. The predicted molar refractivity (Wildman–Crippen MR) is 100 cm³/mol. The van der Waals surface area contributed by atoms with Crippen molar-refractivity contribution in [1.29, 1.82) is 0 Å². The highest BCUT2D eigenvalue weighted by atomic mass is 32.2. The number of carbonyl (C=O) groups is 1. The molecule has 4 rings (SSSR count). The molecule has 1 aliphatic rings. The van der Waals surface area contributed by atoms with Gasteiger partial charge in [0.2, 0.25) is 5.16 Å². The van der Waals surface area contributed by atoms with Gasteiger partial charge in [-0.25, -0.2) is 0 Å². The fourth-order valence-corrected chi connectivity index (χ4v) is 3.91. The maximum atomic E-state index is 11.3. The molecule has 0 radical (unpaired) electrons. The first kappa shape index (κ1) is 16.5. The number of benzene rings is 2. The number of aromatic nitrogens is 3. The van der Waals surface area contributed by atoms with Crippen molar-refractivity contribution >= 4 is 23.4 Å². The van der Waals surface area contributed by atoms with E-state index in [1.807, 2.05) is 61.5 Å². The van der Waals surface area contributed by atoms with E-state index in [4.69, 9.17) is 5.10 Å². The number of fused-ring (bicyclic) bond motifs is 1. The molecule has 1 N–H and O–H groups in total. The van der Waals surface area contributed by atoms with E-state index < -0.39 is 5.97 Å². The van der Waals surface area contributed by atoms with Gasteiger partial charge in [-0.05, 0) is 12.5 Å². The molecule has 0 unspecified atom stereocenters. The Labute approximate surface area is 154 Å². The number of hydrogen-bond donors (Lipinski definition) is 1. The molecule has 1 aliphatic heterocycles. The van der Waals surface area contributed by atoms with Gasteiger partial charge in [0.05, 0.1) is 17.4 Å². The molecule has 0 spiro atoms. The molecule has 6 nitrogen and oxygen atoms in total. The fraction of sp³-hybridized carbons (Fsp3) is 0.158. The summed E-state index contributed by atoms with van der Waals surface area (Å²) in [7, 11) is 0. The lowest BCUT2D eigenvalue weighted by Gasteiger charge is -2.22. The van der Waals surface area contributed by atoms with Crippen LogP contribution in [0.15, 0.2) is 64.9 Å². The van der Waals surface area contributed by atoms with Crippen LogP contribution in [-0.4, -0.2) is 36.9 Å². The van der Waals surface area contributed by atoms with Gasteiger partial charge >= 0.3 is 5.97 Å². The lowest BCUT2D eigenvalue weighted by molar-refractivity contribution is -0.136. The Morgan fingerprint density at radius 2 is 1.81 bits per heavy atom. The van der Waals surface area contributed by atoms with Crippen molar-refractivity contribution in [3.05, 3.63) is 65.7 Å². The topological polar surface area (TPSA) is 80.4 Å². The minimum absolute atomic E-state index is 0.0227. The van der Waals surface area contributed by atoms with Crippen molar-refractivity contribution in [3.63, 3.8) is 0 Å². The summed E-state index contributed by atoms with van der Waals surface area (Å²) in [5.41, 5.74) is 3.71. The second-order valence-corrected chi connectivity index (χ2v) is 7.21. The lowest BCUT2D eigenvalue weighted by Crippen LogP contribution is -2.27. The molecule has 0 bridgehead atoms. The smallest absolute Gasteiger partial charge is 0.304 e. The molecule has 130 valence electrons.